The highest BCUT2D eigenvalue weighted by molar-refractivity contribution is 6.44. The summed E-state index contributed by atoms with van der Waals surface area (Å²) in [5.41, 5.74) is 1.56. The first kappa shape index (κ1) is 12.1. The minimum absolute atomic E-state index is 0.0271. The van der Waals surface area contributed by atoms with E-state index in [9.17, 15) is 5.11 Å². The van der Waals surface area contributed by atoms with Crippen molar-refractivity contribution in [2.75, 3.05) is 7.11 Å². The van der Waals surface area contributed by atoms with E-state index in [4.69, 9.17) is 27.9 Å². The molecule has 0 bridgehead atoms. The lowest BCUT2D eigenvalue weighted by molar-refractivity contribution is 0.374. The molecule has 0 aliphatic heterocycles. The number of benzene rings is 2. The van der Waals surface area contributed by atoms with Crippen LogP contribution in [0.15, 0.2) is 36.4 Å². The molecule has 0 saturated heterocycles. The fourth-order valence-electron chi connectivity index (χ4n) is 1.62. The van der Waals surface area contributed by atoms with Gasteiger partial charge in [0.25, 0.3) is 0 Å². The maximum Gasteiger partial charge on any atom is 0.180 e. The van der Waals surface area contributed by atoms with Gasteiger partial charge in [0, 0.05) is 5.56 Å². The molecule has 0 heterocycles. The highest BCUT2D eigenvalue weighted by Crippen LogP contribution is 2.45. The summed E-state index contributed by atoms with van der Waals surface area (Å²) in [5.74, 6) is 0.164. The average Bonchev–Trinajstić information content (AvgIpc) is 2.35. The number of hydrogen-bond donors (Lipinski definition) is 1. The summed E-state index contributed by atoms with van der Waals surface area (Å²) < 4.78 is 4.98. The Labute approximate surface area is 109 Å². The Morgan fingerprint density at radius 3 is 2.29 bits per heavy atom. The van der Waals surface area contributed by atoms with Crippen LogP contribution in [0.1, 0.15) is 0 Å². The van der Waals surface area contributed by atoms with E-state index in [2.05, 4.69) is 0 Å². The summed E-state index contributed by atoms with van der Waals surface area (Å²) in [6.07, 6.45) is 0. The van der Waals surface area contributed by atoms with Gasteiger partial charge in [-0.2, -0.15) is 0 Å². The van der Waals surface area contributed by atoms with Gasteiger partial charge in [-0.05, 0) is 11.6 Å². The number of halogens is 2. The first-order chi connectivity index (χ1) is 8.15. The molecule has 0 aliphatic carbocycles. The summed E-state index contributed by atoms with van der Waals surface area (Å²) in [7, 11) is 1.43. The van der Waals surface area contributed by atoms with Gasteiger partial charge in [0.05, 0.1) is 12.1 Å². The van der Waals surface area contributed by atoms with Gasteiger partial charge in [-0.15, -0.1) is 0 Å². The summed E-state index contributed by atoms with van der Waals surface area (Å²) >= 11 is 12.2. The lowest BCUT2D eigenvalue weighted by Crippen LogP contribution is -1.88. The predicted octanol–water partition coefficient (Wildman–Crippen LogP) is 4.37. The van der Waals surface area contributed by atoms with E-state index in [0.29, 0.717) is 10.6 Å². The zero-order valence-electron chi connectivity index (χ0n) is 9.08. The van der Waals surface area contributed by atoms with Crippen LogP contribution in [0.5, 0.6) is 11.5 Å². The molecule has 0 amide bonds. The van der Waals surface area contributed by atoms with E-state index < -0.39 is 0 Å². The lowest BCUT2D eigenvalue weighted by Gasteiger charge is -2.11. The molecule has 2 nitrogen and oxygen atoms in total. The minimum Gasteiger partial charge on any atom is -0.504 e. The maximum atomic E-state index is 9.79. The van der Waals surface area contributed by atoms with Gasteiger partial charge in [0.1, 0.15) is 5.02 Å². The third-order valence-corrected chi connectivity index (χ3v) is 3.28. The van der Waals surface area contributed by atoms with Gasteiger partial charge in [0.2, 0.25) is 0 Å². The van der Waals surface area contributed by atoms with Crippen molar-refractivity contribution in [1.82, 2.24) is 0 Å². The van der Waals surface area contributed by atoms with E-state index in [1.165, 1.54) is 7.11 Å². The Bertz CT molecular complexity index is 539. The van der Waals surface area contributed by atoms with Crippen molar-refractivity contribution >= 4 is 23.2 Å². The molecule has 2 aromatic carbocycles. The molecule has 88 valence electrons. The van der Waals surface area contributed by atoms with Crippen molar-refractivity contribution in [3.05, 3.63) is 46.4 Å². The zero-order valence-corrected chi connectivity index (χ0v) is 10.6. The van der Waals surface area contributed by atoms with E-state index >= 15 is 0 Å². The number of phenols is 1. The van der Waals surface area contributed by atoms with E-state index in [0.717, 1.165) is 5.56 Å². The first-order valence-electron chi connectivity index (χ1n) is 4.95. The molecule has 0 unspecified atom stereocenters. The van der Waals surface area contributed by atoms with Crippen molar-refractivity contribution in [3.8, 4) is 22.6 Å². The second kappa shape index (κ2) is 4.86. The normalized spacial score (nSPS) is 10.3. The minimum atomic E-state index is -0.0271. The first-order valence-corrected chi connectivity index (χ1v) is 5.71. The smallest absolute Gasteiger partial charge is 0.180 e. The van der Waals surface area contributed by atoms with E-state index in [1.807, 2.05) is 30.3 Å². The molecule has 0 saturated carbocycles. The zero-order chi connectivity index (χ0) is 12.4. The Hall–Kier alpha value is -1.38. The van der Waals surface area contributed by atoms with Crippen LogP contribution in [0.3, 0.4) is 0 Å². The Kier molecular flexibility index (Phi) is 3.46. The largest absolute Gasteiger partial charge is 0.504 e. The average molecular weight is 269 g/mol. The van der Waals surface area contributed by atoms with Crippen LogP contribution in [-0.4, -0.2) is 12.2 Å². The number of aromatic hydroxyl groups is 1. The molecule has 2 aromatic rings. The van der Waals surface area contributed by atoms with Crippen LogP contribution in [0.4, 0.5) is 0 Å². The lowest BCUT2D eigenvalue weighted by atomic mass is 10.1. The highest BCUT2D eigenvalue weighted by Gasteiger charge is 2.16. The third kappa shape index (κ3) is 2.19. The number of ether oxygens (including phenoxy) is 1. The Morgan fingerprint density at radius 2 is 1.71 bits per heavy atom. The third-order valence-electron chi connectivity index (χ3n) is 2.43. The number of methoxy groups -OCH3 is 1. The second-order valence-electron chi connectivity index (χ2n) is 3.47. The number of hydrogen-bond acceptors (Lipinski definition) is 2. The van der Waals surface area contributed by atoms with E-state index in [-0.39, 0.29) is 16.5 Å². The standard InChI is InChI=1S/C13H10Cl2O2/c1-17-13-10(16)7-9(11(14)12(13)15)8-5-3-2-4-6-8/h2-7,16H,1H3. The fraction of sp³-hybridized carbons (Fsp3) is 0.0769. The molecule has 0 fully saturated rings. The molecule has 1 N–H and O–H groups in total. The predicted molar refractivity (Wildman–Crippen MR) is 70.1 cm³/mol. The van der Waals surface area contributed by atoms with Crippen molar-refractivity contribution < 1.29 is 9.84 Å². The molecule has 17 heavy (non-hydrogen) atoms. The summed E-state index contributed by atoms with van der Waals surface area (Å²) in [4.78, 5) is 0. The van der Waals surface area contributed by atoms with Crippen LogP contribution in [0.25, 0.3) is 11.1 Å². The van der Waals surface area contributed by atoms with Crippen LogP contribution in [0.2, 0.25) is 10.0 Å². The Morgan fingerprint density at radius 1 is 1.06 bits per heavy atom. The van der Waals surface area contributed by atoms with Gasteiger partial charge in [-0.3, -0.25) is 0 Å². The second-order valence-corrected chi connectivity index (χ2v) is 4.23. The van der Waals surface area contributed by atoms with Gasteiger partial charge < -0.3 is 9.84 Å². The molecule has 4 heteroatoms. The maximum absolute atomic E-state index is 9.79. The molecule has 0 atom stereocenters. The van der Waals surface area contributed by atoms with Crippen molar-refractivity contribution in [1.29, 1.82) is 0 Å². The molecule has 2 rings (SSSR count). The van der Waals surface area contributed by atoms with Gasteiger partial charge >= 0.3 is 0 Å². The molecule has 0 aliphatic rings. The number of rotatable bonds is 2. The van der Waals surface area contributed by atoms with E-state index in [1.54, 1.807) is 6.07 Å². The van der Waals surface area contributed by atoms with Crippen LogP contribution in [-0.2, 0) is 0 Å². The Balaban J connectivity index is 2.65. The highest BCUT2D eigenvalue weighted by atomic mass is 35.5. The monoisotopic (exact) mass is 268 g/mol. The van der Waals surface area contributed by atoms with Crippen LogP contribution < -0.4 is 4.74 Å². The van der Waals surface area contributed by atoms with Gasteiger partial charge in [-0.25, -0.2) is 0 Å². The molecule has 0 aromatic heterocycles. The fourth-order valence-corrected chi connectivity index (χ4v) is 2.14. The molecular weight excluding hydrogens is 259 g/mol. The SMILES string of the molecule is COc1c(O)cc(-c2ccccc2)c(Cl)c1Cl. The summed E-state index contributed by atoms with van der Waals surface area (Å²) in [6, 6.07) is 11.0. The topological polar surface area (TPSA) is 29.5 Å². The van der Waals surface area contributed by atoms with Gasteiger partial charge in [-0.1, -0.05) is 53.5 Å². The quantitative estimate of drug-likeness (QED) is 0.876. The number of phenolic OH excluding ortho intramolecular Hbond substituents is 1. The van der Waals surface area contributed by atoms with Crippen molar-refractivity contribution in [2.45, 2.75) is 0 Å². The van der Waals surface area contributed by atoms with Crippen molar-refractivity contribution in [2.24, 2.45) is 0 Å². The summed E-state index contributed by atoms with van der Waals surface area (Å²) in [5, 5.41) is 10.4. The molecule has 0 radical (unpaired) electrons. The van der Waals surface area contributed by atoms with Gasteiger partial charge in [0.15, 0.2) is 11.5 Å². The van der Waals surface area contributed by atoms with Crippen LogP contribution in [0, 0.1) is 0 Å². The molecule has 0 spiro atoms. The summed E-state index contributed by atoms with van der Waals surface area (Å²) in [6.45, 7) is 0. The van der Waals surface area contributed by atoms with Crippen LogP contribution >= 0.6 is 23.2 Å². The van der Waals surface area contributed by atoms with Crippen molar-refractivity contribution in [3.63, 3.8) is 0 Å². The molecular formula is C13H10Cl2O2.